The third-order valence-electron chi connectivity index (χ3n) is 11.0. The van der Waals surface area contributed by atoms with E-state index in [9.17, 15) is 9.90 Å². The van der Waals surface area contributed by atoms with Crippen molar-refractivity contribution in [3.63, 3.8) is 0 Å². The third kappa shape index (κ3) is 7.45. The molecule has 6 aromatic rings. The smallest absolute Gasteiger partial charge is 0.280 e. The molecule has 0 spiro atoms. The lowest BCUT2D eigenvalue weighted by atomic mass is 10.1. The number of benzene rings is 4. The molecule has 1 aliphatic rings. The Labute approximate surface area is 336 Å². The van der Waals surface area contributed by atoms with Crippen molar-refractivity contribution < 1.29 is 23.4 Å². The number of fused-ring (bicyclic) bond motifs is 1. The Bertz CT molecular complexity index is 2220. The van der Waals surface area contributed by atoms with Gasteiger partial charge in [-0.25, -0.2) is 4.98 Å². The van der Waals surface area contributed by atoms with E-state index in [0.717, 1.165) is 20.7 Å². The number of nitrogens with zero attached hydrogens (tertiary/aromatic N) is 3. The number of imidazole rings is 1. The van der Waals surface area contributed by atoms with Gasteiger partial charge in [-0.15, -0.1) is 0 Å². The second kappa shape index (κ2) is 16.3. The number of hydrogen-bond donors (Lipinski definition) is 3. The van der Waals surface area contributed by atoms with Crippen molar-refractivity contribution in [3.8, 4) is 0 Å². The largest absolute Gasteiger partial charge is 0.405 e. The number of H-pyrrole nitrogens is 1. The van der Waals surface area contributed by atoms with Gasteiger partial charge in [-0.05, 0) is 30.8 Å². The summed E-state index contributed by atoms with van der Waals surface area (Å²) in [5, 5.41) is 14.0. The number of nitrogens with two attached hydrogens (primary N) is 1. The molecule has 1 unspecified atom stereocenters. The highest BCUT2D eigenvalue weighted by Gasteiger charge is 2.58. The van der Waals surface area contributed by atoms with Crippen LogP contribution in [-0.4, -0.2) is 79.4 Å². The highest BCUT2D eigenvalue weighted by Crippen LogP contribution is 2.44. The summed E-state index contributed by atoms with van der Waals surface area (Å²) >= 11 is 0. The quantitative estimate of drug-likeness (QED) is 0.144. The zero-order valence-electron chi connectivity index (χ0n) is 33.5. The Kier molecular flexibility index (Phi) is 11.5. The Balaban J connectivity index is 1.43. The molecule has 4 atom stereocenters. The normalized spacial score (nSPS) is 19.3. The fraction of sp³-hybridized carbons (Fsp3) is 0.341. The monoisotopic (exact) mass is 803 g/mol. The lowest BCUT2D eigenvalue weighted by molar-refractivity contribution is -0.0749. The van der Waals surface area contributed by atoms with Gasteiger partial charge in [0.05, 0.1) is 26.1 Å². The zero-order chi connectivity index (χ0) is 40.4. The van der Waals surface area contributed by atoms with Crippen LogP contribution in [0.1, 0.15) is 47.8 Å². The van der Waals surface area contributed by atoms with Crippen LogP contribution < -0.4 is 32.0 Å². The molecule has 13 heteroatoms. The van der Waals surface area contributed by atoms with Gasteiger partial charge in [-0.1, -0.05) is 163 Å². The van der Waals surface area contributed by atoms with Crippen molar-refractivity contribution in [2.75, 3.05) is 25.6 Å². The Morgan fingerprint density at radius 3 is 1.68 bits per heavy atom. The van der Waals surface area contributed by atoms with E-state index in [-0.39, 0.29) is 47.0 Å². The highest BCUT2D eigenvalue weighted by molar-refractivity contribution is 7.00. The van der Waals surface area contributed by atoms with Crippen LogP contribution >= 0.6 is 0 Å². The Hall–Kier alpha value is -4.74. The van der Waals surface area contributed by atoms with E-state index >= 15 is 0 Å². The lowest BCUT2D eigenvalue weighted by Gasteiger charge is -2.46. The van der Waals surface area contributed by atoms with E-state index in [2.05, 4.69) is 154 Å². The molecule has 1 aliphatic heterocycles. The van der Waals surface area contributed by atoms with E-state index in [1.54, 1.807) is 4.57 Å². The minimum Gasteiger partial charge on any atom is -0.405 e. The molecule has 1 fully saturated rings. The fourth-order valence-corrected chi connectivity index (χ4v) is 17.8. The van der Waals surface area contributed by atoms with Crippen molar-refractivity contribution in [1.82, 2.24) is 19.5 Å². The predicted octanol–water partition coefficient (Wildman–Crippen LogP) is 4.50. The molecule has 4 N–H and O–H groups in total. The van der Waals surface area contributed by atoms with Gasteiger partial charge in [0, 0.05) is 0 Å². The maximum absolute atomic E-state index is 13.0. The lowest BCUT2D eigenvalue weighted by Crippen LogP contribution is -2.70. The van der Waals surface area contributed by atoms with Gasteiger partial charge in [0.1, 0.15) is 18.3 Å². The molecule has 4 aromatic carbocycles. The van der Waals surface area contributed by atoms with E-state index in [1.165, 1.54) is 6.33 Å². The van der Waals surface area contributed by atoms with Gasteiger partial charge in [0.25, 0.3) is 22.2 Å². The molecule has 57 heavy (non-hydrogen) atoms. The van der Waals surface area contributed by atoms with Gasteiger partial charge in [-0.3, -0.25) is 14.3 Å². The number of rotatable bonds is 13. The van der Waals surface area contributed by atoms with Crippen LogP contribution in [0.15, 0.2) is 132 Å². The average molecular weight is 804 g/mol. The van der Waals surface area contributed by atoms with Crippen LogP contribution in [0.2, 0.25) is 10.1 Å². The first kappa shape index (κ1) is 40.5. The second-order valence-corrected chi connectivity index (χ2v) is 25.2. The van der Waals surface area contributed by atoms with Gasteiger partial charge < -0.3 is 29.2 Å². The SMILES string of the molecule is CC(C)(C)[Si](OCC1O[C@@H](n2cnc3c(=O)[nH]c(N)nc32)[C@H](OCCO)[C@@H]1O[Si](c1ccccc1)(c1ccccc1)C(C)(C)C)(c1ccccc1)c1ccccc1. The Morgan fingerprint density at radius 1 is 0.754 bits per heavy atom. The summed E-state index contributed by atoms with van der Waals surface area (Å²) in [6.45, 7) is 13.3. The van der Waals surface area contributed by atoms with E-state index in [0.29, 0.717) is 0 Å². The minimum absolute atomic E-state index is 0.0101. The number of ether oxygens (including phenoxy) is 2. The first-order chi connectivity index (χ1) is 27.3. The highest BCUT2D eigenvalue weighted by atomic mass is 28.4. The first-order valence-corrected chi connectivity index (χ1v) is 23.3. The van der Waals surface area contributed by atoms with Crippen LogP contribution in [0.3, 0.4) is 0 Å². The van der Waals surface area contributed by atoms with Crippen molar-refractivity contribution in [1.29, 1.82) is 0 Å². The predicted molar refractivity (Wildman–Crippen MR) is 229 cm³/mol. The summed E-state index contributed by atoms with van der Waals surface area (Å²) in [7, 11) is -6.31. The molecule has 1 saturated heterocycles. The summed E-state index contributed by atoms with van der Waals surface area (Å²) < 4.78 is 30.9. The van der Waals surface area contributed by atoms with E-state index < -0.39 is 46.7 Å². The number of aliphatic hydroxyl groups is 1. The van der Waals surface area contributed by atoms with Gasteiger partial charge in [0.15, 0.2) is 17.4 Å². The second-order valence-electron chi connectivity index (χ2n) is 16.6. The van der Waals surface area contributed by atoms with Crippen molar-refractivity contribution in [2.24, 2.45) is 0 Å². The fourth-order valence-electron chi connectivity index (χ4n) is 8.57. The van der Waals surface area contributed by atoms with Crippen molar-refractivity contribution in [3.05, 3.63) is 138 Å². The van der Waals surface area contributed by atoms with E-state index in [4.69, 9.17) is 24.1 Å². The number of aromatic amines is 1. The number of nitrogens with one attached hydrogen (secondary N) is 1. The molecule has 7 rings (SSSR count). The molecule has 2 aromatic heterocycles. The summed E-state index contributed by atoms with van der Waals surface area (Å²) in [6.07, 6.45) is -1.59. The maximum atomic E-state index is 13.0. The molecule has 0 saturated carbocycles. The molecule has 3 heterocycles. The number of anilines is 1. The van der Waals surface area contributed by atoms with Crippen molar-refractivity contribution >= 4 is 54.5 Å². The van der Waals surface area contributed by atoms with Gasteiger partial charge >= 0.3 is 0 Å². The summed E-state index contributed by atoms with van der Waals surface area (Å²) in [6, 6.07) is 41.8. The molecular weight excluding hydrogens is 751 g/mol. The standard InChI is InChI=1S/C44H53N5O6Si2/c1-43(2,3)56(31-19-11-7-12-20-31,32-21-13-8-14-22-32)53-29-35-37(55-57(44(4,5)6,33-23-15-9-16-24-33)34-25-17-10-18-26-34)38(52-28-27-50)41(54-35)49-30-46-36-39(49)47-42(45)48-40(36)51/h7-26,30,35,37-38,41,50H,27-29H2,1-6H3,(H3,45,47,48,51)/t35?,37-,38-,41-/m1/s1. The molecule has 298 valence electrons. The molecule has 0 bridgehead atoms. The molecular formula is C44H53N5O6Si2. The van der Waals surface area contributed by atoms with E-state index in [1.807, 2.05) is 24.3 Å². The van der Waals surface area contributed by atoms with Gasteiger partial charge in [0.2, 0.25) is 5.95 Å². The van der Waals surface area contributed by atoms with Crippen LogP contribution in [0.4, 0.5) is 5.95 Å². The maximum Gasteiger partial charge on any atom is 0.280 e. The number of aliphatic hydroxyl groups excluding tert-OH is 1. The Morgan fingerprint density at radius 2 is 1.23 bits per heavy atom. The molecule has 0 aliphatic carbocycles. The summed E-state index contributed by atoms with van der Waals surface area (Å²) in [5.74, 6) is -0.0493. The number of hydrogen-bond acceptors (Lipinski definition) is 9. The van der Waals surface area contributed by atoms with Crippen molar-refractivity contribution in [2.45, 2.75) is 76.2 Å². The van der Waals surface area contributed by atoms with Crippen LogP contribution in [0.25, 0.3) is 11.2 Å². The first-order valence-electron chi connectivity index (χ1n) is 19.5. The number of aromatic nitrogens is 4. The molecule has 0 amide bonds. The van der Waals surface area contributed by atoms with Crippen LogP contribution in [0, 0.1) is 0 Å². The third-order valence-corrected chi connectivity index (χ3v) is 21.1. The van der Waals surface area contributed by atoms with Crippen LogP contribution in [-0.2, 0) is 18.3 Å². The van der Waals surface area contributed by atoms with Gasteiger partial charge in [-0.2, -0.15) is 4.98 Å². The topological polar surface area (TPSA) is 147 Å². The average Bonchev–Trinajstić information content (AvgIpc) is 3.77. The zero-order valence-corrected chi connectivity index (χ0v) is 35.5. The van der Waals surface area contributed by atoms with Crippen LogP contribution in [0.5, 0.6) is 0 Å². The summed E-state index contributed by atoms with van der Waals surface area (Å²) in [5.41, 5.74) is 5.98. The molecule has 11 nitrogen and oxygen atoms in total. The summed E-state index contributed by atoms with van der Waals surface area (Å²) in [4.78, 5) is 24.5. The minimum atomic E-state index is -3.24. The number of nitrogen functional groups attached to an aromatic ring is 1. The molecule has 0 radical (unpaired) electrons.